The largest absolute Gasteiger partial charge is 0.487 e. The van der Waals surface area contributed by atoms with E-state index >= 15 is 0 Å². The number of imidazole rings is 1. The van der Waals surface area contributed by atoms with Crippen molar-refractivity contribution in [3.05, 3.63) is 93.0 Å². The molecule has 1 N–H and O–H groups in total. The molecule has 1 aromatic heterocycles. The molecule has 0 radical (unpaired) electrons. The first-order valence-electron chi connectivity index (χ1n) is 13.5. The predicted octanol–water partition coefficient (Wildman–Crippen LogP) is 6.32. The molecule has 1 fully saturated rings. The zero-order valence-corrected chi connectivity index (χ0v) is 23.2. The van der Waals surface area contributed by atoms with Crippen LogP contribution in [0.15, 0.2) is 48.5 Å². The highest BCUT2D eigenvalue weighted by molar-refractivity contribution is 6.32. The van der Waals surface area contributed by atoms with Crippen molar-refractivity contribution in [3.8, 4) is 5.75 Å². The summed E-state index contributed by atoms with van der Waals surface area (Å²) < 4.78 is 28.7. The van der Waals surface area contributed by atoms with Crippen molar-refractivity contribution in [1.82, 2.24) is 14.5 Å². The third kappa shape index (κ3) is 5.19. The van der Waals surface area contributed by atoms with Gasteiger partial charge in [0.15, 0.2) is 5.82 Å². The molecule has 7 nitrogen and oxygen atoms in total. The van der Waals surface area contributed by atoms with Gasteiger partial charge in [-0.3, -0.25) is 4.90 Å². The van der Waals surface area contributed by atoms with Gasteiger partial charge in [-0.25, -0.2) is 14.2 Å². The minimum atomic E-state index is -1.17. The molecule has 3 aromatic carbocycles. The number of aromatic carboxylic acids is 1. The molecule has 208 valence electrons. The lowest BCUT2D eigenvalue weighted by atomic mass is 9.93. The van der Waals surface area contributed by atoms with E-state index in [1.54, 1.807) is 0 Å². The fourth-order valence-electron chi connectivity index (χ4n) is 5.53. The Balaban J connectivity index is 1.28. The van der Waals surface area contributed by atoms with E-state index in [1.807, 2.05) is 16.7 Å². The molecular formula is C31H31ClFN3O4. The molecule has 0 unspecified atom stereocenters. The SMILES string of the molecule is Cc1ccc(COc2cc3c(cc2Cl)CCN(Cc2nc4c(F)cc(C(=O)O)cc4n2C[C@@H]2CCO2)[C@H]3C)cc1. The number of halogens is 2. The number of fused-ring (bicyclic) bond motifs is 2. The lowest BCUT2D eigenvalue weighted by molar-refractivity contribution is -0.0592. The fourth-order valence-corrected chi connectivity index (χ4v) is 5.77. The molecule has 40 heavy (non-hydrogen) atoms. The third-order valence-electron chi connectivity index (χ3n) is 8.03. The van der Waals surface area contributed by atoms with Gasteiger partial charge in [0, 0.05) is 19.2 Å². The number of aromatic nitrogens is 2. The van der Waals surface area contributed by atoms with Gasteiger partial charge in [0.1, 0.15) is 23.7 Å². The number of hydrogen-bond donors (Lipinski definition) is 1. The quantitative estimate of drug-likeness (QED) is 0.270. The molecule has 0 bridgehead atoms. The molecule has 0 spiro atoms. The molecule has 1 saturated heterocycles. The van der Waals surface area contributed by atoms with Gasteiger partial charge >= 0.3 is 5.97 Å². The van der Waals surface area contributed by atoms with Gasteiger partial charge in [0.05, 0.1) is 35.3 Å². The van der Waals surface area contributed by atoms with Gasteiger partial charge in [-0.2, -0.15) is 0 Å². The number of carboxylic acid groups (broad SMARTS) is 1. The fraction of sp³-hybridized carbons (Fsp3) is 0.355. The molecule has 0 aliphatic carbocycles. The lowest BCUT2D eigenvalue weighted by Gasteiger charge is -2.36. The van der Waals surface area contributed by atoms with Crippen LogP contribution in [0.25, 0.3) is 11.0 Å². The van der Waals surface area contributed by atoms with Crippen molar-refractivity contribution < 1.29 is 23.8 Å². The van der Waals surface area contributed by atoms with Gasteiger partial charge < -0.3 is 19.1 Å². The molecule has 2 aliphatic heterocycles. The number of nitrogens with zero attached hydrogens (tertiary/aromatic N) is 3. The van der Waals surface area contributed by atoms with E-state index < -0.39 is 11.8 Å². The number of ether oxygens (including phenoxy) is 2. The smallest absolute Gasteiger partial charge is 0.335 e. The minimum Gasteiger partial charge on any atom is -0.487 e. The minimum absolute atomic E-state index is 0.00239. The van der Waals surface area contributed by atoms with Crippen LogP contribution < -0.4 is 4.74 Å². The van der Waals surface area contributed by atoms with Crippen LogP contribution in [-0.2, 0) is 30.9 Å². The molecule has 4 aromatic rings. The maximum Gasteiger partial charge on any atom is 0.335 e. The topological polar surface area (TPSA) is 76.8 Å². The van der Waals surface area contributed by atoms with Gasteiger partial charge in [-0.05, 0) is 67.6 Å². The second-order valence-corrected chi connectivity index (χ2v) is 11.1. The first-order chi connectivity index (χ1) is 19.3. The van der Waals surface area contributed by atoms with Crippen molar-refractivity contribution in [2.45, 2.75) is 58.5 Å². The summed E-state index contributed by atoms with van der Waals surface area (Å²) in [6, 6.07) is 14.8. The van der Waals surface area contributed by atoms with Crippen LogP contribution in [0.5, 0.6) is 5.75 Å². The number of carboxylic acids is 1. The Morgan fingerprint density at radius 3 is 2.70 bits per heavy atom. The Bertz CT molecular complexity index is 1580. The van der Waals surface area contributed by atoms with E-state index in [2.05, 4.69) is 48.0 Å². The van der Waals surface area contributed by atoms with Crippen molar-refractivity contribution in [1.29, 1.82) is 0 Å². The first kappa shape index (κ1) is 26.7. The predicted molar refractivity (Wildman–Crippen MR) is 150 cm³/mol. The van der Waals surface area contributed by atoms with Crippen LogP contribution in [0.2, 0.25) is 5.02 Å². The Hall–Kier alpha value is -3.46. The molecule has 0 amide bonds. The number of rotatable bonds is 8. The maximum absolute atomic E-state index is 15.0. The van der Waals surface area contributed by atoms with Crippen molar-refractivity contribution in [2.75, 3.05) is 13.2 Å². The highest BCUT2D eigenvalue weighted by Crippen LogP contribution is 2.38. The summed E-state index contributed by atoms with van der Waals surface area (Å²) in [5.41, 5.74) is 5.16. The second kappa shape index (κ2) is 10.8. The number of aryl methyl sites for hydroxylation is 1. The average molecular weight is 564 g/mol. The van der Waals surface area contributed by atoms with E-state index in [4.69, 9.17) is 21.1 Å². The summed E-state index contributed by atoms with van der Waals surface area (Å²) in [6.07, 6.45) is 1.71. The highest BCUT2D eigenvalue weighted by Gasteiger charge is 2.29. The number of benzene rings is 3. The molecule has 9 heteroatoms. The normalized spacial score (nSPS) is 18.9. The molecule has 2 atom stereocenters. The van der Waals surface area contributed by atoms with Crippen LogP contribution >= 0.6 is 11.6 Å². The summed E-state index contributed by atoms with van der Waals surface area (Å²) in [5, 5.41) is 10.1. The highest BCUT2D eigenvalue weighted by atomic mass is 35.5. The van der Waals surface area contributed by atoms with Crippen molar-refractivity contribution in [2.24, 2.45) is 0 Å². The summed E-state index contributed by atoms with van der Waals surface area (Å²) in [4.78, 5) is 18.6. The Kier molecular flexibility index (Phi) is 7.25. The molecule has 6 rings (SSSR count). The molecule has 2 aliphatic rings. The Morgan fingerprint density at radius 2 is 2.00 bits per heavy atom. The monoisotopic (exact) mass is 563 g/mol. The second-order valence-electron chi connectivity index (χ2n) is 10.7. The first-order valence-corrected chi connectivity index (χ1v) is 13.9. The van der Waals surface area contributed by atoms with E-state index in [-0.39, 0.29) is 23.2 Å². The summed E-state index contributed by atoms with van der Waals surface area (Å²) in [7, 11) is 0. The van der Waals surface area contributed by atoms with E-state index in [1.165, 1.54) is 17.2 Å². The van der Waals surface area contributed by atoms with Crippen LogP contribution in [0.4, 0.5) is 4.39 Å². The van der Waals surface area contributed by atoms with E-state index in [9.17, 15) is 14.3 Å². The lowest BCUT2D eigenvalue weighted by Crippen LogP contribution is -2.36. The van der Waals surface area contributed by atoms with Crippen LogP contribution in [-0.4, -0.2) is 44.8 Å². The molecule has 0 saturated carbocycles. The number of hydrogen-bond acceptors (Lipinski definition) is 5. The average Bonchev–Trinajstić information content (AvgIpc) is 3.25. The summed E-state index contributed by atoms with van der Waals surface area (Å²) >= 11 is 6.61. The standard InChI is InChI=1S/C31H31ClFN3O4/c1-18-3-5-20(6-4-18)17-40-28-14-24-19(2)35(9-7-21(24)11-25(28)32)16-29-34-30-26(33)12-22(31(37)38)13-27(30)36(29)15-23-8-10-39-23/h3-6,11-14,19,23H,7-10,15-17H2,1-2H3,(H,37,38)/t19-,23-/m0/s1. The van der Waals surface area contributed by atoms with Crippen molar-refractivity contribution >= 4 is 28.6 Å². The van der Waals surface area contributed by atoms with E-state index in [0.717, 1.165) is 36.6 Å². The maximum atomic E-state index is 15.0. The zero-order chi connectivity index (χ0) is 28.0. The van der Waals surface area contributed by atoms with Gasteiger partial charge in [0.25, 0.3) is 0 Å². The van der Waals surface area contributed by atoms with Crippen LogP contribution in [0.3, 0.4) is 0 Å². The van der Waals surface area contributed by atoms with Gasteiger partial charge in [-0.1, -0.05) is 41.4 Å². The Morgan fingerprint density at radius 1 is 1.23 bits per heavy atom. The van der Waals surface area contributed by atoms with Gasteiger partial charge in [0.2, 0.25) is 0 Å². The summed E-state index contributed by atoms with van der Waals surface area (Å²) in [6.45, 7) is 7.07. The van der Waals surface area contributed by atoms with Crippen LogP contribution in [0.1, 0.15) is 57.8 Å². The number of carbonyl (C=O) groups is 1. The molecule has 3 heterocycles. The molecular weight excluding hydrogens is 533 g/mol. The van der Waals surface area contributed by atoms with Crippen LogP contribution in [0, 0.1) is 12.7 Å². The van der Waals surface area contributed by atoms with Crippen molar-refractivity contribution in [3.63, 3.8) is 0 Å². The Labute approximate surface area is 237 Å². The zero-order valence-electron chi connectivity index (χ0n) is 22.5. The summed E-state index contributed by atoms with van der Waals surface area (Å²) in [5.74, 6) is -0.471. The van der Waals surface area contributed by atoms with Gasteiger partial charge in [-0.15, -0.1) is 0 Å². The van der Waals surface area contributed by atoms with E-state index in [0.29, 0.717) is 48.4 Å². The third-order valence-corrected chi connectivity index (χ3v) is 8.33.